The molecule has 0 N–H and O–H groups in total. The highest BCUT2D eigenvalue weighted by atomic mass is 16.6. The smallest absolute Gasteiger partial charge is 0.269 e. The molecular formula is C17H16N2O5. The standard InChI is InChI=1S/C17H16N2O5/c1-12-10-18(15-4-2-3-5-16(15)24-12)17(20)11-23-14-8-6-13(7-9-14)19(21)22/h2-9,12H,10-11H2,1H3/t12-/m0/s1. The third kappa shape index (κ3) is 3.29. The highest BCUT2D eigenvalue weighted by Gasteiger charge is 2.27. The van der Waals surface area contributed by atoms with Crippen LogP contribution >= 0.6 is 0 Å². The van der Waals surface area contributed by atoms with Crippen molar-refractivity contribution in [3.8, 4) is 11.5 Å². The first-order chi connectivity index (χ1) is 11.5. The Kier molecular flexibility index (Phi) is 4.33. The molecule has 1 aliphatic rings. The predicted molar refractivity (Wildman–Crippen MR) is 87.5 cm³/mol. The van der Waals surface area contributed by atoms with Crippen molar-refractivity contribution in [2.24, 2.45) is 0 Å². The molecule has 0 saturated heterocycles. The highest BCUT2D eigenvalue weighted by molar-refractivity contribution is 5.96. The topological polar surface area (TPSA) is 81.9 Å². The second kappa shape index (κ2) is 6.57. The van der Waals surface area contributed by atoms with Crippen LogP contribution in [-0.2, 0) is 4.79 Å². The SMILES string of the molecule is C[C@H]1CN(C(=O)COc2ccc([N+](=O)[O-])cc2)c2ccccc2O1. The normalized spacial score (nSPS) is 16.0. The van der Waals surface area contributed by atoms with Crippen molar-refractivity contribution >= 4 is 17.3 Å². The van der Waals surface area contributed by atoms with Crippen molar-refractivity contribution in [3.05, 3.63) is 58.6 Å². The number of carbonyl (C=O) groups excluding carboxylic acids is 1. The summed E-state index contributed by atoms with van der Waals surface area (Å²) in [6.07, 6.45) is -0.108. The summed E-state index contributed by atoms with van der Waals surface area (Å²) in [4.78, 5) is 24.3. The Morgan fingerprint density at radius 3 is 2.71 bits per heavy atom. The molecule has 1 heterocycles. The summed E-state index contributed by atoms with van der Waals surface area (Å²) >= 11 is 0. The van der Waals surface area contributed by atoms with Gasteiger partial charge < -0.3 is 14.4 Å². The fourth-order valence-electron chi connectivity index (χ4n) is 2.51. The van der Waals surface area contributed by atoms with E-state index in [1.54, 1.807) is 4.90 Å². The lowest BCUT2D eigenvalue weighted by Gasteiger charge is -2.33. The molecule has 1 amide bonds. The van der Waals surface area contributed by atoms with E-state index in [0.717, 1.165) is 0 Å². The molecular weight excluding hydrogens is 312 g/mol. The number of nitro groups is 1. The maximum absolute atomic E-state index is 12.5. The number of ether oxygens (including phenoxy) is 2. The number of para-hydroxylation sites is 2. The number of nitro benzene ring substituents is 1. The van der Waals surface area contributed by atoms with Crippen LogP contribution in [-0.4, -0.2) is 30.1 Å². The van der Waals surface area contributed by atoms with Crippen molar-refractivity contribution in [1.82, 2.24) is 0 Å². The molecule has 0 aromatic heterocycles. The lowest BCUT2D eigenvalue weighted by molar-refractivity contribution is -0.384. The van der Waals surface area contributed by atoms with Crippen molar-refractivity contribution < 1.29 is 19.2 Å². The molecule has 0 unspecified atom stereocenters. The number of non-ortho nitro benzene ring substituents is 1. The molecule has 2 aromatic rings. The summed E-state index contributed by atoms with van der Waals surface area (Å²) in [7, 11) is 0. The zero-order chi connectivity index (χ0) is 17.1. The summed E-state index contributed by atoms with van der Waals surface area (Å²) in [6, 6.07) is 13.0. The molecule has 1 aliphatic heterocycles. The first-order valence-corrected chi connectivity index (χ1v) is 7.48. The third-order valence-corrected chi connectivity index (χ3v) is 3.63. The first kappa shape index (κ1) is 15.8. The molecule has 7 nitrogen and oxygen atoms in total. The molecule has 1 atom stereocenters. The quantitative estimate of drug-likeness (QED) is 0.637. The number of hydrogen-bond acceptors (Lipinski definition) is 5. The molecule has 124 valence electrons. The van der Waals surface area contributed by atoms with Crippen LogP contribution in [0.15, 0.2) is 48.5 Å². The first-order valence-electron chi connectivity index (χ1n) is 7.48. The minimum absolute atomic E-state index is 0.0235. The van der Waals surface area contributed by atoms with Crippen LogP contribution in [0.1, 0.15) is 6.92 Å². The van der Waals surface area contributed by atoms with Gasteiger partial charge in [0.15, 0.2) is 6.61 Å². The van der Waals surface area contributed by atoms with E-state index in [-0.39, 0.29) is 24.3 Å². The molecule has 0 radical (unpaired) electrons. The molecule has 0 bridgehead atoms. The molecule has 24 heavy (non-hydrogen) atoms. The largest absolute Gasteiger partial charge is 0.487 e. The zero-order valence-corrected chi connectivity index (χ0v) is 13.0. The number of rotatable bonds is 4. The van der Waals surface area contributed by atoms with E-state index < -0.39 is 4.92 Å². The van der Waals surface area contributed by atoms with Crippen LogP contribution in [0.25, 0.3) is 0 Å². The maximum atomic E-state index is 12.5. The number of hydrogen-bond donors (Lipinski definition) is 0. The van der Waals surface area contributed by atoms with Gasteiger partial charge in [-0.05, 0) is 31.2 Å². The Morgan fingerprint density at radius 1 is 1.29 bits per heavy atom. The van der Waals surface area contributed by atoms with Crippen molar-refractivity contribution in [3.63, 3.8) is 0 Å². The van der Waals surface area contributed by atoms with Crippen molar-refractivity contribution in [1.29, 1.82) is 0 Å². The van der Waals surface area contributed by atoms with Crippen LogP contribution in [0.3, 0.4) is 0 Å². The summed E-state index contributed by atoms with van der Waals surface area (Å²) < 4.78 is 11.2. The maximum Gasteiger partial charge on any atom is 0.269 e. The van der Waals surface area contributed by atoms with E-state index in [4.69, 9.17) is 9.47 Å². The van der Waals surface area contributed by atoms with Gasteiger partial charge in [-0.2, -0.15) is 0 Å². The van der Waals surface area contributed by atoms with Gasteiger partial charge in [0.05, 0.1) is 17.2 Å². The van der Waals surface area contributed by atoms with Gasteiger partial charge in [-0.3, -0.25) is 14.9 Å². The molecule has 2 aromatic carbocycles. The average molecular weight is 328 g/mol. The van der Waals surface area contributed by atoms with E-state index in [1.165, 1.54) is 24.3 Å². The number of benzene rings is 2. The average Bonchev–Trinajstić information content (AvgIpc) is 2.59. The van der Waals surface area contributed by atoms with Gasteiger partial charge >= 0.3 is 0 Å². The molecule has 0 aliphatic carbocycles. The summed E-state index contributed by atoms with van der Waals surface area (Å²) in [5.74, 6) is 0.874. The van der Waals surface area contributed by atoms with E-state index in [0.29, 0.717) is 23.7 Å². The van der Waals surface area contributed by atoms with Gasteiger partial charge in [0.25, 0.3) is 11.6 Å². The number of nitrogens with zero attached hydrogens (tertiary/aromatic N) is 2. The Morgan fingerprint density at radius 2 is 2.00 bits per heavy atom. The van der Waals surface area contributed by atoms with Gasteiger partial charge in [0.1, 0.15) is 17.6 Å². The summed E-state index contributed by atoms with van der Waals surface area (Å²) in [5, 5.41) is 10.6. The van der Waals surface area contributed by atoms with E-state index in [9.17, 15) is 14.9 Å². The third-order valence-electron chi connectivity index (χ3n) is 3.63. The van der Waals surface area contributed by atoms with Crippen LogP contribution in [0.5, 0.6) is 11.5 Å². The molecule has 7 heteroatoms. The Bertz CT molecular complexity index is 760. The van der Waals surface area contributed by atoms with Gasteiger partial charge in [-0.1, -0.05) is 12.1 Å². The zero-order valence-electron chi connectivity index (χ0n) is 13.0. The molecule has 3 rings (SSSR count). The van der Waals surface area contributed by atoms with Gasteiger partial charge in [-0.25, -0.2) is 0 Å². The minimum Gasteiger partial charge on any atom is -0.487 e. The van der Waals surface area contributed by atoms with Crippen LogP contribution in [0.2, 0.25) is 0 Å². The van der Waals surface area contributed by atoms with Gasteiger partial charge in [-0.15, -0.1) is 0 Å². The highest BCUT2D eigenvalue weighted by Crippen LogP contribution is 2.33. The monoisotopic (exact) mass is 328 g/mol. The van der Waals surface area contributed by atoms with Crippen molar-refractivity contribution in [2.45, 2.75) is 13.0 Å². The lowest BCUT2D eigenvalue weighted by atomic mass is 10.2. The second-order valence-electron chi connectivity index (χ2n) is 5.44. The fourth-order valence-corrected chi connectivity index (χ4v) is 2.51. The van der Waals surface area contributed by atoms with E-state index in [1.807, 2.05) is 31.2 Å². The van der Waals surface area contributed by atoms with Gasteiger partial charge in [0, 0.05) is 12.1 Å². The molecule has 0 spiro atoms. The van der Waals surface area contributed by atoms with Crippen molar-refractivity contribution in [2.75, 3.05) is 18.1 Å². The van der Waals surface area contributed by atoms with Crippen LogP contribution in [0, 0.1) is 10.1 Å². The summed E-state index contributed by atoms with van der Waals surface area (Å²) in [6.45, 7) is 2.19. The predicted octanol–water partition coefficient (Wildman–Crippen LogP) is 2.79. The number of carbonyl (C=O) groups is 1. The fraction of sp³-hybridized carbons (Fsp3) is 0.235. The van der Waals surface area contributed by atoms with Gasteiger partial charge in [0.2, 0.25) is 0 Å². The van der Waals surface area contributed by atoms with E-state index >= 15 is 0 Å². The van der Waals surface area contributed by atoms with Crippen LogP contribution < -0.4 is 14.4 Å². The molecule has 0 fully saturated rings. The Labute approximate surface area is 138 Å². The number of amides is 1. The number of anilines is 1. The lowest BCUT2D eigenvalue weighted by Crippen LogP contribution is -2.44. The second-order valence-corrected chi connectivity index (χ2v) is 5.44. The number of fused-ring (bicyclic) bond motifs is 1. The minimum atomic E-state index is -0.485. The Balaban J connectivity index is 1.68. The Hall–Kier alpha value is -3.09. The van der Waals surface area contributed by atoms with Crippen LogP contribution in [0.4, 0.5) is 11.4 Å². The van der Waals surface area contributed by atoms with E-state index in [2.05, 4.69) is 0 Å². The summed E-state index contributed by atoms with van der Waals surface area (Å²) in [5.41, 5.74) is 0.692. The molecule has 0 saturated carbocycles.